The predicted molar refractivity (Wildman–Crippen MR) is 89.9 cm³/mol. The highest BCUT2D eigenvalue weighted by Gasteiger charge is 2.44. The van der Waals surface area contributed by atoms with Gasteiger partial charge in [0, 0.05) is 25.0 Å². The number of hydrogen-bond acceptors (Lipinski definition) is 1. The summed E-state index contributed by atoms with van der Waals surface area (Å²) in [5.74, 6) is 0.744. The van der Waals surface area contributed by atoms with Crippen LogP contribution in [0.3, 0.4) is 0 Å². The Balaban J connectivity index is 1.54. The Labute approximate surface area is 134 Å². The number of urea groups is 1. The summed E-state index contributed by atoms with van der Waals surface area (Å²) in [4.78, 5) is 14.4. The molecule has 1 aromatic carbocycles. The number of nitrogens with zero attached hydrogens (tertiary/aromatic N) is 1. The SMILES string of the molecule is CC1CCCC(N(C)C(=O)NCC2(c3ccccc3)CC2)C1. The van der Waals surface area contributed by atoms with E-state index in [-0.39, 0.29) is 11.4 Å². The molecule has 0 aromatic heterocycles. The fourth-order valence-corrected chi connectivity index (χ4v) is 3.80. The quantitative estimate of drug-likeness (QED) is 0.897. The Bertz CT molecular complexity index is 509. The Morgan fingerprint density at radius 3 is 2.64 bits per heavy atom. The highest BCUT2D eigenvalue weighted by Crippen LogP contribution is 2.47. The molecule has 1 N–H and O–H groups in total. The predicted octanol–water partition coefficient (Wildman–Crippen LogP) is 3.94. The third kappa shape index (κ3) is 3.29. The molecular weight excluding hydrogens is 272 g/mol. The van der Waals surface area contributed by atoms with E-state index in [1.54, 1.807) is 0 Å². The van der Waals surface area contributed by atoms with Gasteiger partial charge in [-0.25, -0.2) is 4.79 Å². The zero-order valence-corrected chi connectivity index (χ0v) is 13.8. The van der Waals surface area contributed by atoms with Crippen LogP contribution in [0.1, 0.15) is 51.0 Å². The molecule has 0 radical (unpaired) electrons. The molecule has 2 saturated carbocycles. The topological polar surface area (TPSA) is 32.3 Å². The van der Waals surface area contributed by atoms with Gasteiger partial charge in [0.25, 0.3) is 0 Å². The zero-order chi connectivity index (χ0) is 15.6. The first-order chi connectivity index (χ1) is 10.6. The summed E-state index contributed by atoms with van der Waals surface area (Å²) < 4.78 is 0. The highest BCUT2D eigenvalue weighted by atomic mass is 16.2. The third-order valence-electron chi connectivity index (χ3n) is 5.59. The van der Waals surface area contributed by atoms with Gasteiger partial charge in [-0.15, -0.1) is 0 Å². The summed E-state index contributed by atoms with van der Waals surface area (Å²) in [6, 6.07) is 11.1. The van der Waals surface area contributed by atoms with Gasteiger partial charge in [-0.05, 0) is 37.2 Å². The van der Waals surface area contributed by atoms with Crippen molar-refractivity contribution in [1.29, 1.82) is 0 Å². The van der Waals surface area contributed by atoms with Crippen molar-refractivity contribution in [3.05, 3.63) is 35.9 Å². The smallest absolute Gasteiger partial charge is 0.317 e. The maximum atomic E-state index is 12.5. The van der Waals surface area contributed by atoms with Crippen LogP contribution in [-0.2, 0) is 5.41 Å². The van der Waals surface area contributed by atoms with E-state index in [1.807, 2.05) is 11.9 Å². The lowest BCUT2D eigenvalue weighted by Crippen LogP contribution is -2.47. The highest BCUT2D eigenvalue weighted by molar-refractivity contribution is 5.74. The normalized spacial score (nSPS) is 26.3. The summed E-state index contributed by atoms with van der Waals surface area (Å²) >= 11 is 0. The van der Waals surface area contributed by atoms with Crippen LogP contribution in [0.2, 0.25) is 0 Å². The average Bonchev–Trinajstić information content (AvgIpc) is 3.34. The minimum absolute atomic E-state index is 0.0984. The molecule has 22 heavy (non-hydrogen) atoms. The van der Waals surface area contributed by atoms with Crippen molar-refractivity contribution < 1.29 is 4.79 Å². The fraction of sp³-hybridized carbons (Fsp3) is 0.632. The fourth-order valence-electron chi connectivity index (χ4n) is 3.80. The summed E-state index contributed by atoms with van der Waals surface area (Å²) in [5.41, 5.74) is 1.56. The molecule has 3 nitrogen and oxygen atoms in total. The lowest BCUT2D eigenvalue weighted by Gasteiger charge is -2.34. The van der Waals surface area contributed by atoms with E-state index in [0.717, 1.165) is 25.3 Å². The molecule has 3 rings (SSSR count). The van der Waals surface area contributed by atoms with E-state index in [2.05, 4.69) is 42.6 Å². The van der Waals surface area contributed by atoms with Gasteiger partial charge in [-0.1, -0.05) is 50.1 Å². The van der Waals surface area contributed by atoms with Crippen molar-refractivity contribution in [3.63, 3.8) is 0 Å². The largest absolute Gasteiger partial charge is 0.337 e. The van der Waals surface area contributed by atoms with E-state index in [9.17, 15) is 4.79 Å². The standard InChI is InChI=1S/C19H28N2O/c1-15-7-6-10-17(13-15)21(2)18(22)20-14-19(11-12-19)16-8-4-3-5-9-16/h3-5,8-9,15,17H,6-7,10-14H2,1-2H3,(H,20,22). The summed E-state index contributed by atoms with van der Waals surface area (Å²) in [6.45, 7) is 3.06. The Hall–Kier alpha value is -1.51. The van der Waals surface area contributed by atoms with Gasteiger partial charge in [0.15, 0.2) is 0 Å². The van der Waals surface area contributed by atoms with Gasteiger partial charge >= 0.3 is 6.03 Å². The number of carbonyl (C=O) groups is 1. The van der Waals surface area contributed by atoms with Gasteiger partial charge in [0.1, 0.15) is 0 Å². The van der Waals surface area contributed by atoms with Crippen LogP contribution in [0, 0.1) is 5.92 Å². The molecule has 120 valence electrons. The van der Waals surface area contributed by atoms with Crippen LogP contribution >= 0.6 is 0 Å². The van der Waals surface area contributed by atoms with E-state index in [4.69, 9.17) is 0 Å². The summed E-state index contributed by atoms with van der Waals surface area (Å²) in [7, 11) is 1.96. The Morgan fingerprint density at radius 2 is 2.00 bits per heavy atom. The van der Waals surface area contributed by atoms with E-state index in [1.165, 1.54) is 31.2 Å². The second kappa shape index (κ2) is 6.31. The Morgan fingerprint density at radius 1 is 1.27 bits per heavy atom. The molecule has 2 fully saturated rings. The molecule has 2 atom stereocenters. The molecule has 2 unspecified atom stereocenters. The molecule has 1 aromatic rings. The monoisotopic (exact) mass is 300 g/mol. The van der Waals surface area contributed by atoms with Crippen LogP contribution in [0.4, 0.5) is 4.79 Å². The van der Waals surface area contributed by atoms with Gasteiger partial charge in [0.05, 0.1) is 0 Å². The number of nitrogens with one attached hydrogen (secondary N) is 1. The second-order valence-electron chi connectivity index (χ2n) is 7.34. The molecular formula is C19H28N2O. The Kier molecular flexibility index (Phi) is 4.42. The number of rotatable bonds is 4. The van der Waals surface area contributed by atoms with Crippen LogP contribution < -0.4 is 5.32 Å². The molecule has 0 aliphatic heterocycles. The molecule has 0 heterocycles. The first kappa shape index (κ1) is 15.4. The average molecular weight is 300 g/mol. The van der Waals surface area contributed by atoms with E-state index >= 15 is 0 Å². The third-order valence-corrected chi connectivity index (χ3v) is 5.59. The van der Waals surface area contributed by atoms with Crippen molar-refractivity contribution in [1.82, 2.24) is 10.2 Å². The van der Waals surface area contributed by atoms with Crippen molar-refractivity contribution in [2.45, 2.75) is 56.9 Å². The van der Waals surface area contributed by atoms with E-state index in [0.29, 0.717) is 6.04 Å². The molecule has 2 aliphatic carbocycles. The summed E-state index contributed by atoms with van der Waals surface area (Å²) in [5, 5.41) is 3.18. The minimum atomic E-state index is 0.0984. The van der Waals surface area contributed by atoms with Crippen molar-refractivity contribution in [2.24, 2.45) is 5.92 Å². The number of benzene rings is 1. The van der Waals surface area contributed by atoms with Gasteiger partial charge in [0.2, 0.25) is 0 Å². The van der Waals surface area contributed by atoms with Crippen LogP contribution in [-0.4, -0.2) is 30.6 Å². The maximum Gasteiger partial charge on any atom is 0.317 e. The molecule has 0 spiro atoms. The molecule has 0 saturated heterocycles. The first-order valence-corrected chi connectivity index (χ1v) is 8.67. The maximum absolute atomic E-state index is 12.5. The van der Waals surface area contributed by atoms with Gasteiger partial charge in [-0.2, -0.15) is 0 Å². The number of hydrogen-bond donors (Lipinski definition) is 1. The van der Waals surface area contributed by atoms with Gasteiger partial charge < -0.3 is 10.2 Å². The lowest BCUT2D eigenvalue weighted by molar-refractivity contribution is 0.159. The molecule has 3 heteroatoms. The van der Waals surface area contributed by atoms with E-state index < -0.39 is 0 Å². The second-order valence-corrected chi connectivity index (χ2v) is 7.34. The summed E-state index contributed by atoms with van der Waals surface area (Å²) in [6.07, 6.45) is 7.22. The van der Waals surface area contributed by atoms with Crippen LogP contribution in [0.15, 0.2) is 30.3 Å². The first-order valence-electron chi connectivity index (χ1n) is 8.67. The number of carbonyl (C=O) groups excluding carboxylic acids is 1. The molecule has 2 aliphatic rings. The van der Waals surface area contributed by atoms with Crippen molar-refractivity contribution >= 4 is 6.03 Å². The molecule has 2 amide bonds. The van der Waals surface area contributed by atoms with Crippen LogP contribution in [0.25, 0.3) is 0 Å². The van der Waals surface area contributed by atoms with Crippen LogP contribution in [0.5, 0.6) is 0 Å². The van der Waals surface area contributed by atoms with Gasteiger partial charge in [-0.3, -0.25) is 0 Å². The number of amides is 2. The lowest BCUT2D eigenvalue weighted by atomic mass is 9.86. The minimum Gasteiger partial charge on any atom is -0.337 e. The van der Waals surface area contributed by atoms with Crippen molar-refractivity contribution in [2.75, 3.05) is 13.6 Å². The zero-order valence-electron chi connectivity index (χ0n) is 13.8. The van der Waals surface area contributed by atoms with Crippen molar-refractivity contribution in [3.8, 4) is 0 Å². The molecule has 0 bridgehead atoms.